The first-order valence-corrected chi connectivity index (χ1v) is 6.94. The van der Waals surface area contributed by atoms with Crippen molar-refractivity contribution in [3.8, 4) is 5.69 Å². The van der Waals surface area contributed by atoms with Crippen LogP contribution in [0.1, 0.15) is 5.56 Å². The summed E-state index contributed by atoms with van der Waals surface area (Å²) in [4.78, 5) is 4.38. The van der Waals surface area contributed by atoms with Gasteiger partial charge < -0.3 is 5.73 Å². The van der Waals surface area contributed by atoms with Crippen LogP contribution in [0.25, 0.3) is 16.7 Å². The molecule has 0 saturated carbocycles. The number of rotatable bonds is 1. The van der Waals surface area contributed by atoms with Crippen molar-refractivity contribution in [2.75, 3.05) is 5.73 Å². The number of anilines is 1. The SMILES string of the molecule is Cc1cccc(Cl)c1-n1c(N)nc2cc(Br)ccc21. The third-order valence-electron chi connectivity index (χ3n) is 3.05. The second-order valence-electron chi connectivity index (χ2n) is 4.34. The van der Waals surface area contributed by atoms with Crippen molar-refractivity contribution < 1.29 is 0 Å². The molecule has 0 aliphatic heterocycles. The lowest BCUT2D eigenvalue weighted by atomic mass is 10.2. The molecule has 0 aliphatic rings. The molecule has 3 aromatic rings. The van der Waals surface area contributed by atoms with E-state index in [1.165, 1.54) is 0 Å². The number of imidazole rings is 1. The quantitative estimate of drug-likeness (QED) is 0.718. The molecule has 0 saturated heterocycles. The minimum atomic E-state index is 0.435. The highest BCUT2D eigenvalue weighted by molar-refractivity contribution is 9.10. The molecular weight excluding hydrogens is 326 g/mol. The molecule has 1 heterocycles. The molecular formula is C14H11BrClN3. The van der Waals surface area contributed by atoms with Crippen LogP contribution >= 0.6 is 27.5 Å². The van der Waals surface area contributed by atoms with Gasteiger partial charge in [-0.2, -0.15) is 0 Å². The molecule has 0 spiro atoms. The van der Waals surface area contributed by atoms with Gasteiger partial charge in [0.25, 0.3) is 0 Å². The number of benzene rings is 2. The number of hydrogen-bond acceptors (Lipinski definition) is 2. The topological polar surface area (TPSA) is 43.8 Å². The molecule has 0 radical (unpaired) electrons. The van der Waals surface area contributed by atoms with E-state index in [0.29, 0.717) is 11.0 Å². The lowest BCUT2D eigenvalue weighted by Gasteiger charge is -2.11. The van der Waals surface area contributed by atoms with Gasteiger partial charge in [0.2, 0.25) is 5.95 Å². The molecule has 19 heavy (non-hydrogen) atoms. The summed E-state index contributed by atoms with van der Waals surface area (Å²) in [5.74, 6) is 0.435. The van der Waals surface area contributed by atoms with Gasteiger partial charge in [0.05, 0.1) is 21.7 Å². The zero-order valence-corrected chi connectivity index (χ0v) is 12.5. The van der Waals surface area contributed by atoms with E-state index in [4.69, 9.17) is 17.3 Å². The maximum Gasteiger partial charge on any atom is 0.205 e. The molecule has 5 heteroatoms. The van der Waals surface area contributed by atoms with Gasteiger partial charge in [0.15, 0.2) is 0 Å². The van der Waals surface area contributed by atoms with Crippen molar-refractivity contribution in [1.82, 2.24) is 9.55 Å². The molecule has 0 fully saturated rings. The lowest BCUT2D eigenvalue weighted by Crippen LogP contribution is -2.03. The van der Waals surface area contributed by atoms with Crippen LogP contribution in [-0.2, 0) is 0 Å². The van der Waals surface area contributed by atoms with E-state index in [2.05, 4.69) is 20.9 Å². The first kappa shape index (κ1) is 12.5. The van der Waals surface area contributed by atoms with Crippen molar-refractivity contribution in [3.63, 3.8) is 0 Å². The Hall–Kier alpha value is -1.52. The summed E-state index contributed by atoms with van der Waals surface area (Å²) in [6.07, 6.45) is 0. The second-order valence-corrected chi connectivity index (χ2v) is 5.67. The van der Waals surface area contributed by atoms with Crippen LogP contribution in [0, 0.1) is 6.92 Å². The normalized spacial score (nSPS) is 11.1. The Morgan fingerprint density at radius 3 is 2.79 bits per heavy atom. The molecule has 2 aromatic carbocycles. The largest absolute Gasteiger partial charge is 0.369 e. The molecule has 0 amide bonds. The fourth-order valence-electron chi connectivity index (χ4n) is 2.21. The fraction of sp³-hybridized carbons (Fsp3) is 0.0714. The number of aryl methyl sites for hydroxylation is 1. The van der Waals surface area contributed by atoms with Gasteiger partial charge in [0.1, 0.15) is 0 Å². The molecule has 2 N–H and O–H groups in total. The molecule has 0 unspecified atom stereocenters. The smallest absolute Gasteiger partial charge is 0.205 e. The van der Waals surface area contributed by atoms with E-state index >= 15 is 0 Å². The van der Waals surface area contributed by atoms with Crippen LogP contribution < -0.4 is 5.73 Å². The Kier molecular flexibility index (Phi) is 2.99. The highest BCUT2D eigenvalue weighted by Crippen LogP contribution is 2.31. The Bertz CT molecular complexity index is 759. The number of fused-ring (bicyclic) bond motifs is 1. The van der Waals surface area contributed by atoms with Gasteiger partial charge in [-0.05, 0) is 36.8 Å². The van der Waals surface area contributed by atoms with E-state index in [1.807, 2.05) is 47.9 Å². The summed E-state index contributed by atoms with van der Waals surface area (Å²) >= 11 is 9.75. The summed E-state index contributed by atoms with van der Waals surface area (Å²) in [6, 6.07) is 11.7. The lowest BCUT2D eigenvalue weighted by molar-refractivity contribution is 1.09. The van der Waals surface area contributed by atoms with E-state index in [9.17, 15) is 0 Å². The number of halogens is 2. The van der Waals surface area contributed by atoms with E-state index in [-0.39, 0.29) is 0 Å². The molecule has 3 nitrogen and oxygen atoms in total. The first-order chi connectivity index (χ1) is 9.08. The third-order valence-corrected chi connectivity index (χ3v) is 3.85. The highest BCUT2D eigenvalue weighted by atomic mass is 79.9. The van der Waals surface area contributed by atoms with Crippen LogP contribution in [0.5, 0.6) is 0 Å². The van der Waals surface area contributed by atoms with E-state index in [1.54, 1.807) is 0 Å². The van der Waals surface area contributed by atoms with Gasteiger partial charge in [-0.25, -0.2) is 4.98 Å². The first-order valence-electron chi connectivity index (χ1n) is 5.77. The minimum Gasteiger partial charge on any atom is -0.369 e. The predicted octanol–water partition coefficient (Wildman–Crippen LogP) is 4.33. The number of nitrogen functional groups attached to an aromatic ring is 1. The average molecular weight is 337 g/mol. The maximum absolute atomic E-state index is 6.31. The Labute approximate surface area is 124 Å². The van der Waals surface area contributed by atoms with Crippen LogP contribution in [-0.4, -0.2) is 9.55 Å². The Morgan fingerprint density at radius 2 is 2.05 bits per heavy atom. The minimum absolute atomic E-state index is 0.435. The summed E-state index contributed by atoms with van der Waals surface area (Å²) in [5.41, 5.74) is 9.77. The van der Waals surface area contributed by atoms with Gasteiger partial charge >= 0.3 is 0 Å². The maximum atomic E-state index is 6.31. The predicted molar refractivity (Wildman–Crippen MR) is 82.9 cm³/mol. The van der Waals surface area contributed by atoms with Crippen LogP contribution in [0.15, 0.2) is 40.9 Å². The highest BCUT2D eigenvalue weighted by Gasteiger charge is 2.14. The Balaban J connectivity index is 2.40. The third kappa shape index (κ3) is 2.01. The summed E-state index contributed by atoms with van der Waals surface area (Å²) in [5, 5.41) is 0.661. The molecule has 3 rings (SSSR count). The molecule has 0 bridgehead atoms. The van der Waals surface area contributed by atoms with Gasteiger partial charge in [-0.3, -0.25) is 4.57 Å². The summed E-state index contributed by atoms with van der Waals surface area (Å²) in [6.45, 7) is 2.01. The van der Waals surface area contributed by atoms with Crippen LogP contribution in [0.2, 0.25) is 5.02 Å². The zero-order valence-electron chi connectivity index (χ0n) is 10.2. The van der Waals surface area contributed by atoms with Gasteiger partial charge in [-0.15, -0.1) is 0 Å². The standard InChI is InChI=1S/C14H11BrClN3/c1-8-3-2-4-10(16)13(8)19-12-6-5-9(15)7-11(12)18-14(19)17/h2-7H,1H3,(H2,17,18). The summed E-state index contributed by atoms with van der Waals surface area (Å²) in [7, 11) is 0. The average Bonchev–Trinajstić information content (AvgIpc) is 2.65. The van der Waals surface area contributed by atoms with Gasteiger partial charge in [0, 0.05) is 4.47 Å². The van der Waals surface area contributed by atoms with Crippen molar-refractivity contribution in [2.45, 2.75) is 6.92 Å². The van der Waals surface area contributed by atoms with Crippen LogP contribution in [0.3, 0.4) is 0 Å². The fourth-order valence-corrected chi connectivity index (χ4v) is 2.87. The monoisotopic (exact) mass is 335 g/mol. The molecule has 0 aliphatic carbocycles. The molecule has 0 atom stereocenters. The number of para-hydroxylation sites is 1. The Morgan fingerprint density at radius 1 is 1.26 bits per heavy atom. The van der Waals surface area contributed by atoms with E-state index in [0.717, 1.165) is 26.8 Å². The van der Waals surface area contributed by atoms with Crippen molar-refractivity contribution in [1.29, 1.82) is 0 Å². The molecule has 96 valence electrons. The van der Waals surface area contributed by atoms with Crippen LogP contribution in [0.4, 0.5) is 5.95 Å². The number of nitrogens with two attached hydrogens (primary N) is 1. The van der Waals surface area contributed by atoms with Crippen molar-refractivity contribution >= 4 is 44.5 Å². The van der Waals surface area contributed by atoms with Gasteiger partial charge in [-0.1, -0.05) is 39.7 Å². The van der Waals surface area contributed by atoms with Crippen molar-refractivity contribution in [2.24, 2.45) is 0 Å². The van der Waals surface area contributed by atoms with Crippen molar-refractivity contribution in [3.05, 3.63) is 51.5 Å². The number of aromatic nitrogens is 2. The molecule has 1 aromatic heterocycles. The number of hydrogen-bond donors (Lipinski definition) is 1. The summed E-state index contributed by atoms with van der Waals surface area (Å²) < 4.78 is 2.86. The zero-order chi connectivity index (χ0) is 13.6. The number of nitrogens with zero attached hydrogens (tertiary/aromatic N) is 2. The van der Waals surface area contributed by atoms with E-state index < -0.39 is 0 Å². The second kappa shape index (κ2) is 4.54.